The van der Waals surface area contributed by atoms with Crippen LogP contribution >= 0.6 is 0 Å². The molecule has 0 spiro atoms. The van der Waals surface area contributed by atoms with Crippen LogP contribution in [0.1, 0.15) is 36.8 Å². The molecule has 0 unspecified atom stereocenters. The maximum Gasteiger partial charge on any atom is 0.344 e. The Hall–Kier alpha value is -2.04. The van der Waals surface area contributed by atoms with Gasteiger partial charge in [-0.25, -0.2) is 4.79 Å². The lowest BCUT2D eigenvalue weighted by Gasteiger charge is -2.19. The number of likely N-dealkylation sites (tertiary alicyclic amines) is 1. The number of carbonyl (C=O) groups excluding carboxylic acids is 2. The lowest BCUT2D eigenvalue weighted by molar-refractivity contribution is -0.153. The number of hydrogen-bond donors (Lipinski definition) is 0. The minimum absolute atomic E-state index is 0.119. The highest BCUT2D eigenvalue weighted by molar-refractivity contribution is 5.81. The van der Waals surface area contributed by atoms with Crippen molar-refractivity contribution in [2.75, 3.05) is 26.3 Å². The summed E-state index contributed by atoms with van der Waals surface area (Å²) in [5.41, 5.74) is 2.15. The summed E-state index contributed by atoms with van der Waals surface area (Å²) in [4.78, 5) is 25.5. The molecule has 1 fully saturated rings. The van der Waals surface area contributed by atoms with Crippen LogP contribution in [0.5, 0.6) is 5.75 Å². The summed E-state index contributed by atoms with van der Waals surface area (Å²) in [6.07, 6.45) is 4.37. The third kappa shape index (κ3) is 5.93. The van der Waals surface area contributed by atoms with E-state index in [0.717, 1.165) is 49.9 Å². The Kier molecular flexibility index (Phi) is 6.44. The van der Waals surface area contributed by atoms with Gasteiger partial charge in [0.2, 0.25) is 0 Å². The Morgan fingerprint density at radius 1 is 0.957 bits per heavy atom. The van der Waals surface area contributed by atoms with E-state index in [9.17, 15) is 9.59 Å². The smallest absolute Gasteiger partial charge is 0.344 e. The minimum Gasteiger partial charge on any atom is -0.482 e. The quantitative estimate of drug-likeness (QED) is 0.783. The van der Waals surface area contributed by atoms with Gasteiger partial charge in [-0.15, -0.1) is 0 Å². The van der Waals surface area contributed by atoms with E-state index in [1.165, 1.54) is 0 Å². The van der Waals surface area contributed by atoms with Crippen molar-refractivity contribution in [1.82, 2.24) is 4.90 Å². The number of nitrogens with zero attached hydrogens (tertiary/aromatic N) is 1. The van der Waals surface area contributed by atoms with Gasteiger partial charge >= 0.3 is 5.97 Å². The van der Waals surface area contributed by atoms with E-state index in [0.29, 0.717) is 5.75 Å². The fourth-order valence-electron chi connectivity index (χ4n) is 2.75. The van der Waals surface area contributed by atoms with Gasteiger partial charge in [-0.05, 0) is 49.9 Å². The highest BCUT2D eigenvalue weighted by atomic mass is 16.6. The van der Waals surface area contributed by atoms with Crippen molar-refractivity contribution in [2.24, 2.45) is 0 Å². The molecule has 0 bridgehead atoms. The van der Waals surface area contributed by atoms with Crippen molar-refractivity contribution in [2.45, 2.75) is 39.5 Å². The third-order valence-corrected chi connectivity index (χ3v) is 3.87. The second-order valence-electron chi connectivity index (χ2n) is 6.07. The van der Waals surface area contributed by atoms with Crippen LogP contribution in [-0.4, -0.2) is 43.1 Å². The molecule has 0 radical (unpaired) electrons. The molecule has 5 nitrogen and oxygen atoms in total. The Bertz CT molecular complexity index is 528. The molecule has 0 aliphatic carbocycles. The van der Waals surface area contributed by atoms with Gasteiger partial charge in [0, 0.05) is 13.1 Å². The number of amides is 1. The Labute approximate surface area is 137 Å². The van der Waals surface area contributed by atoms with Gasteiger partial charge in [0.05, 0.1) is 0 Å². The molecule has 1 aromatic carbocycles. The van der Waals surface area contributed by atoms with Crippen molar-refractivity contribution >= 4 is 11.9 Å². The third-order valence-electron chi connectivity index (χ3n) is 3.87. The van der Waals surface area contributed by atoms with E-state index in [4.69, 9.17) is 9.47 Å². The van der Waals surface area contributed by atoms with Crippen molar-refractivity contribution in [3.8, 4) is 5.75 Å². The zero-order chi connectivity index (χ0) is 16.7. The molecular weight excluding hydrogens is 294 g/mol. The van der Waals surface area contributed by atoms with Gasteiger partial charge in [-0.2, -0.15) is 0 Å². The van der Waals surface area contributed by atoms with Crippen LogP contribution in [0.4, 0.5) is 0 Å². The zero-order valence-electron chi connectivity index (χ0n) is 14.0. The maximum atomic E-state index is 12.0. The van der Waals surface area contributed by atoms with E-state index in [-0.39, 0.29) is 19.1 Å². The van der Waals surface area contributed by atoms with Crippen LogP contribution in [0.3, 0.4) is 0 Å². The second kappa shape index (κ2) is 8.56. The van der Waals surface area contributed by atoms with E-state index in [1.807, 2.05) is 32.0 Å². The second-order valence-corrected chi connectivity index (χ2v) is 6.07. The Morgan fingerprint density at radius 3 is 2.17 bits per heavy atom. The number of carbonyl (C=O) groups is 2. The van der Waals surface area contributed by atoms with Crippen LogP contribution in [0.2, 0.25) is 0 Å². The molecular formula is C18H25NO4. The average Bonchev–Trinajstić information content (AvgIpc) is 2.79. The van der Waals surface area contributed by atoms with E-state index < -0.39 is 5.97 Å². The van der Waals surface area contributed by atoms with Gasteiger partial charge in [0.1, 0.15) is 5.75 Å². The van der Waals surface area contributed by atoms with Gasteiger partial charge in [0.15, 0.2) is 13.2 Å². The van der Waals surface area contributed by atoms with Crippen molar-refractivity contribution < 1.29 is 19.1 Å². The minimum atomic E-state index is -0.521. The van der Waals surface area contributed by atoms with Crippen molar-refractivity contribution in [1.29, 1.82) is 0 Å². The maximum absolute atomic E-state index is 12.0. The van der Waals surface area contributed by atoms with Crippen molar-refractivity contribution in [3.05, 3.63) is 29.3 Å². The number of rotatable bonds is 5. The molecule has 1 aliphatic heterocycles. The van der Waals surface area contributed by atoms with Crippen LogP contribution in [0.15, 0.2) is 18.2 Å². The number of hydrogen-bond acceptors (Lipinski definition) is 4. The first-order chi connectivity index (χ1) is 11.0. The molecule has 0 saturated carbocycles. The summed E-state index contributed by atoms with van der Waals surface area (Å²) < 4.78 is 10.5. The number of esters is 1. The lowest BCUT2D eigenvalue weighted by atomic mass is 10.1. The Balaban J connectivity index is 1.73. The molecule has 0 aromatic heterocycles. The van der Waals surface area contributed by atoms with Gasteiger partial charge in [0.25, 0.3) is 5.91 Å². The first-order valence-electron chi connectivity index (χ1n) is 8.19. The average molecular weight is 319 g/mol. The fraction of sp³-hybridized carbons (Fsp3) is 0.556. The Morgan fingerprint density at radius 2 is 1.57 bits per heavy atom. The van der Waals surface area contributed by atoms with Crippen LogP contribution < -0.4 is 4.74 Å². The van der Waals surface area contributed by atoms with Crippen LogP contribution in [0, 0.1) is 13.8 Å². The molecule has 23 heavy (non-hydrogen) atoms. The van der Waals surface area contributed by atoms with E-state index in [1.54, 1.807) is 4.90 Å². The van der Waals surface area contributed by atoms with Gasteiger partial charge < -0.3 is 14.4 Å². The monoisotopic (exact) mass is 319 g/mol. The normalized spacial score (nSPS) is 15.0. The molecule has 1 saturated heterocycles. The zero-order valence-corrected chi connectivity index (χ0v) is 14.0. The number of aryl methyl sites for hydroxylation is 2. The highest BCUT2D eigenvalue weighted by Gasteiger charge is 2.17. The number of benzene rings is 1. The summed E-state index contributed by atoms with van der Waals surface area (Å²) in [7, 11) is 0. The van der Waals surface area contributed by atoms with Crippen molar-refractivity contribution in [3.63, 3.8) is 0 Å². The fourth-order valence-corrected chi connectivity index (χ4v) is 2.75. The summed E-state index contributed by atoms with van der Waals surface area (Å²) in [5, 5.41) is 0. The van der Waals surface area contributed by atoms with E-state index >= 15 is 0 Å². The molecule has 1 amide bonds. The summed E-state index contributed by atoms with van der Waals surface area (Å²) >= 11 is 0. The molecule has 5 heteroatoms. The first-order valence-corrected chi connectivity index (χ1v) is 8.19. The van der Waals surface area contributed by atoms with Gasteiger partial charge in [-0.3, -0.25) is 4.79 Å². The molecule has 0 atom stereocenters. The summed E-state index contributed by atoms with van der Waals surface area (Å²) in [6, 6.07) is 5.76. The molecule has 1 aliphatic rings. The number of ether oxygens (including phenoxy) is 2. The molecule has 0 N–H and O–H groups in total. The van der Waals surface area contributed by atoms with Gasteiger partial charge in [-0.1, -0.05) is 18.9 Å². The molecule has 1 aromatic rings. The standard InChI is InChI=1S/C18H25NO4/c1-14-9-15(2)11-16(10-14)22-13-18(21)23-12-17(20)19-7-5-3-4-6-8-19/h9-11H,3-8,12-13H2,1-2H3. The molecule has 1 heterocycles. The lowest BCUT2D eigenvalue weighted by Crippen LogP contribution is -2.35. The first kappa shape index (κ1) is 17.3. The van der Waals surface area contributed by atoms with E-state index in [2.05, 4.69) is 0 Å². The molecule has 2 rings (SSSR count). The SMILES string of the molecule is Cc1cc(C)cc(OCC(=O)OCC(=O)N2CCCCCC2)c1. The summed E-state index contributed by atoms with van der Waals surface area (Å²) in [5.74, 6) is -0.00252. The van der Waals surface area contributed by atoms with Crippen LogP contribution in [0.25, 0.3) is 0 Å². The predicted octanol–water partition coefficient (Wildman–Crippen LogP) is 2.63. The van der Waals surface area contributed by atoms with Crippen LogP contribution in [-0.2, 0) is 14.3 Å². The summed E-state index contributed by atoms with van der Waals surface area (Å²) in [6.45, 7) is 5.08. The highest BCUT2D eigenvalue weighted by Crippen LogP contribution is 2.16. The predicted molar refractivity (Wildman–Crippen MR) is 87.4 cm³/mol. The molecule has 126 valence electrons. The largest absolute Gasteiger partial charge is 0.482 e. The topological polar surface area (TPSA) is 55.8 Å².